The van der Waals surface area contributed by atoms with Crippen LogP contribution in [-0.2, 0) is 14.3 Å². The van der Waals surface area contributed by atoms with Crippen molar-refractivity contribution >= 4 is 29.7 Å². The first-order chi connectivity index (χ1) is 14.3. The number of halogens is 1. The van der Waals surface area contributed by atoms with E-state index in [1.807, 2.05) is 11.0 Å². The van der Waals surface area contributed by atoms with E-state index < -0.39 is 36.3 Å². The lowest BCUT2D eigenvalue weighted by atomic mass is 9.84. The van der Waals surface area contributed by atoms with Crippen LogP contribution in [0, 0.1) is 11.8 Å². The molecule has 0 aromatic heterocycles. The van der Waals surface area contributed by atoms with Crippen molar-refractivity contribution in [2.75, 3.05) is 36.0 Å². The Hall–Kier alpha value is -2.68. The summed E-state index contributed by atoms with van der Waals surface area (Å²) < 4.78 is 20.1. The second-order valence-electron chi connectivity index (χ2n) is 7.97. The van der Waals surface area contributed by atoms with Crippen molar-refractivity contribution in [2.24, 2.45) is 11.8 Å². The van der Waals surface area contributed by atoms with Crippen molar-refractivity contribution < 1.29 is 28.6 Å². The number of piperidine rings is 1. The molecule has 2 amide bonds. The second kappa shape index (κ2) is 9.42. The highest BCUT2D eigenvalue weighted by Gasteiger charge is 2.37. The van der Waals surface area contributed by atoms with E-state index in [0.29, 0.717) is 31.5 Å². The minimum atomic E-state index is -1.27. The van der Waals surface area contributed by atoms with Crippen LogP contribution in [0.5, 0.6) is 0 Å². The summed E-state index contributed by atoms with van der Waals surface area (Å²) in [7, 11) is 0. The van der Waals surface area contributed by atoms with Crippen LogP contribution >= 0.6 is 0 Å². The summed E-state index contributed by atoms with van der Waals surface area (Å²) in [4.78, 5) is 37.6. The first-order valence-electron chi connectivity index (χ1n) is 10.1. The molecule has 2 saturated heterocycles. The Morgan fingerprint density at radius 2 is 2.13 bits per heavy atom. The lowest BCUT2D eigenvalue weighted by Crippen LogP contribution is -2.47. The van der Waals surface area contributed by atoms with Gasteiger partial charge in [0, 0.05) is 43.2 Å². The number of ether oxygens (including phenoxy) is 1. The number of anilines is 2. The number of aliphatic hydroxyl groups is 1. The van der Waals surface area contributed by atoms with Crippen LogP contribution in [0.15, 0.2) is 24.3 Å². The lowest BCUT2D eigenvalue weighted by molar-refractivity contribution is -0.119. The molecule has 2 aliphatic rings. The van der Waals surface area contributed by atoms with Crippen molar-refractivity contribution in [1.82, 2.24) is 5.32 Å². The number of aliphatic hydroxyl groups excluding tert-OH is 1. The summed E-state index contributed by atoms with van der Waals surface area (Å²) in [5.74, 6) is -1.37. The number of hydrogen-bond acceptors (Lipinski definition) is 6. The molecule has 0 bridgehead atoms. The molecule has 2 heterocycles. The molecule has 8 nitrogen and oxygen atoms in total. The van der Waals surface area contributed by atoms with Gasteiger partial charge in [0.25, 0.3) is 0 Å². The number of aldehydes is 1. The maximum atomic E-state index is 14.8. The van der Waals surface area contributed by atoms with Crippen molar-refractivity contribution in [3.8, 4) is 0 Å². The summed E-state index contributed by atoms with van der Waals surface area (Å²) in [6, 6.07) is 7.22. The summed E-state index contributed by atoms with van der Waals surface area (Å²) in [5, 5.41) is 12.9. The number of alkyl halides is 1. The van der Waals surface area contributed by atoms with Crippen LogP contribution in [0.2, 0.25) is 0 Å². The SMILES string of the molecule is CC(=O)NC[C@H]1CN(c2cccc(N3CCC(C(O)C(C)C=O)C(F)C3)c2)C(=O)O1. The molecule has 2 N–H and O–H groups in total. The van der Waals surface area contributed by atoms with E-state index in [0.717, 1.165) is 5.69 Å². The Bertz CT molecular complexity index is 792. The third-order valence-corrected chi connectivity index (χ3v) is 5.74. The molecule has 2 aliphatic heterocycles. The van der Waals surface area contributed by atoms with Gasteiger partial charge in [0.15, 0.2) is 0 Å². The molecule has 0 spiro atoms. The minimum absolute atomic E-state index is 0.104. The van der Waals surface area contributed by atoms with Gasteiger partial charge in [-0.25, -0.2) is 9.18 Å². The zero-order valence-corrected chi connectivity index (χ0v) is 17.2. The van der Waals surface area contributed by atoms with Crippen molar-refractivity contribution in [3.05, 3.63) is 24.3 Å². The predicted octanol–water partition coefficient (Wildman–Crippen LogP) is 1.51. The highest BCUT2D eigenvalue weighted by atomic mass is 19.1. The van der Waals surface area contributed by atoms with Crippen LogP contribution in [0.3, 0.4) is 0 Å². The van der Waals surface area contributed by atoms with Crippen LogP contribution in [0.4, 0.5) is 20.6 Å². The Morgan fingerprint density at radius 3 is 2.80 bits per heavy atom. The molecule has 3 rings (SSSR count). The van der Waals surface area contributed by atoms with E-state index >= 15 is 0 Å². The Kier molecular flexibility index (Phi) is 6.91. The minimum Gasteiger partial charge on any atom is -0.442 e. The number of carbonyl (C=O) groups excluding carboxylic acids is 3. The summed E-state index contributed by atoms with van der Waals surface area (Å²) in [6.07, 6.45) is -2.10. The molecule has 0 radical (unpaired) electrons. The van der Waals surface area contributed by atoms with Crippen LogP contribution < -0.4 is 15.1 Å². The highest BCUT2D eigenvalue weighted by Crippen LogP contribution is 2.32. The number of nitrogens with one attached hydrogen (secondary N) is 1. The summed E-state index contributed by atoms with van der Waals surface area (Å²) in [6.45, 7) is 4.19. The molecule has 164 valence electrons. The fourth-order valence-corrected chi connectivity index (χ4v) is 3.97. The maximum Gasteiger partial charge on any atom is 0.414 e. The smallest absolute Gasteiger partial charge is 0.414 e. The van der Waals surface area contributed by atoms with E-state index in [2.05, 4.69) is 5.32 Å². The number of hydrogen-bond donors (Lipinski definition) is 2. The first-order valence-corrected chi connectivity index (χ1v) is 10.1. The molecular formula is C21H28FN3O5. The molecule has 5 atom stereocenters. The van der Waals surface area contributed by atoms with Gasteiger partial charge in [-0.3, -0.25) is 9.69 Å². The summed E-state index contributed by atoms with van der Waals surface area (Å²) >= 11 is 0. The molecule has 0 saturated carbocycles. The third-order valence-electron chi connectivity index (χ3n) is 5.74. The van der Waals surface area contributed by atoms with Gasteiger partial charge in [0.2, 0.25) is 5.91 Å². The van der Waals surface area contributed by atoms with Gasteiger partial charge in [-0.05, 0) is 24.6 Å². The largest absolute Gasteiger partial charge is 0.442 e. The number of amides is 2. The van der Waals surface area contributed by atoms with Gasteiger partial charge in [-0.1, -0.05) is 13.0 Å². The van der Waals surface area contributed by atoms with Crippen molar-refractivity contribution in [3.63, 3.8) is 0 Å². The van der Waals surface area contributed by atoms with Crippen molar-refractivity contribution in [1.29, 1.82) is 0 Å². The Labute approximate surface area is 175 Å². The molecular weight excluding hydrogens is 393 g/mol. The van der Waals surface area contributed by atoms with Crippen LogP contribution in [-0.4, -0.2) is 68.0 Å². The zero-order chi connectivity index (χ0) is 21.8. The topological polar surface area (TPSA) is 99.2 Å². The maximum absolute atomic E-state index is 14.8. The highest BCUT2D eigenvalue weighted by molar-refractivity contribution is 5.90. The number of carbonyl (C=O) groups is 3. The molecule has 1 aromatic rings. The molecule has 2 fully saturated rings. The van der Waals surface area contributed by atoms with Crippen LogP contribution in [0.25, 0.3) is 0 Å². The molecule has 30 heavy (non-hydrogen) atoms. The predicted molar refractivity (Wildman–Crippen MR) is 109 cm³/mol. The van der Waals surface area contributed by atoms with Gasteiger partial charge in [-0.2, -0.15) is 0 Å². The van der Waals surface area contributed by atoms with Gasteiger partial charge in [-0.15, -0.1) is 0 Å². The van der Waals surface area contributed by atoms with E-state index in [1.165, 1.54) is 11.8 Å². The van der Waals surface area contributed by atoms with Crippen molar-refractivity contribution in [2.45, 2.75) is 38.6 Å². The first kappa shape index (κ1) is 22.0. The van der Waals surface area contributed by atoms with Gasteiger partial charge in [0.05, 0.1) is 19.2 Å². The van der Waals surface area contributed by atoms with E-state index in [4.69, 9.17) is 4.74 Å². The molecule has 9 heteroatoms. The van der Waals surface area contributed by atoms with Gasteiger partial charge < -0.3 is 24.9 Å². The standard InChI is InChI=1S/C21H28FN3O5/c1-13(12-26)20(28)18-6-7-24(11-19(18)22)15-4-3-5-16(8-15)25-10-17(30-21(25)29)9-23-14(2)27/h3-5,8,12-13,17-20,28H,6-7,9-11H2,1-2H3,(H,23,27)/t13?,17-,18?,19?,20?/m0/s1. The molecule has 1 aromatic carbocycles. The Balaban J connectivity index is 1.66. The third kappa shape index (κ3) is 4.89. The number of cyclic esters (lactones) is 1. The monoisotopic (exact) mass is 421 g/mol. The van der Waals surface area contributed by atoms with E-state index in [-0.39, 0.29) is 19.0 Å². The van der Waals surface area contributed by atoms with Crippen LogP contribution in [0.1, 0.15) is 20.3 Å². The lowest BCUT2D eigenvalue weighted by Gasteiger charge is -2.39. The quantitative estimate of drug-likeness (QED) is 0.648. The zero-order valence-electron chi connectivity index (χ0n) is 17.2. The van der Waals surface area contributed by atoms with Gasteiger partial charge in [0.1, 0.15) is 18.6 Å². The number of rotatable bonds is 7. The average molecular weight is 421 g/mol. The number of nitrogens with zero attached hydrogens (tertiary/aromatic N) is 2. The molecule has 0 aliphatic carbocycles. The Morgan fingerprint density at radius 1 is 1.40 bits per heavy atom. The molecule has 4 unspecified atom stereocenters. The van der Waals surface area contributed by atoms with E-state index in [1.54, 1.807) is 25.1 Å². The van der Waals surface area contributed by atoms with E-state index in [9.17, 15) is 23.9 Å². The van der Waals surface area contributed by atoms with Gasteiger partial charge >= 0.3 is 6.09 Å². The normalized spacial score (nSPS) is 26.1. The second-order valence-corrected chi connectivity index (χ2v) is 7.97. The fraction of sp³-hybridized carbons (Fsp3) is 0.571. The summed E-state index contributed by atoms with van der Waals surface area (Å²) in [5.41, 5.74) is 1.40. The fourth-order valence-electron chi connectivity index (χ4n) is 3.97. The average Bonchev–Trinajstić information content (AvgIpc) is 3.11. The number of benzene rings is 1.